The molecular weight excluding hydrogens is 256 g/mol. The number of nitrogens with one attached hydrogen (secondary N) is 1. The number of rotatable bonds is 4. The van der Waals surface area contributed by atoms with Crippen molar-refractivity contribution in [2.75, 3.05) is 20.1 Å². The number of fused-ring (bicyclic) bond motifs is 1. The highest BCUT2D eigenvalue weighted by Crippen LogP contribution is 2.20. The van der Waals surface area contributed by atoms with Gasteiger partial charge in [0.1, 0.15) is 0 Å². The highest BCUT2D eigenvalue weighted by atomic mass is 16.5. The maximum Gasteiger partial charge on any atom is 0.241 e. The van der Waals surface area contributed by atoms with Gasteiger partial charge in [0.25, 0.3) is 0 Å². The van der Waals surface area contributed by atoms with Gasteiger partial charge in [0.2, 0.25) is 11.8 Å². The maximum atomic E-state index is 11.8. The van der Waals surface area contributed by atoms with E-state index in [0.717, 1.165) is 6.42 Å². The van der Waals surface area contributed by atoms with Crippen molar-refractivity contribution in [2.24, 2.45) is 0 Å². The van der Waals surface area contributed by atoms with Crippen LogP contribution in [0.25, 0.3) is 0 Å². The van der Waals surface area contributed by atoms with Crippen LogP contribution in [0.4, 0.5) is 0 Å². The lowest BCUT2D eigenvalue weighted by Crippen LogP contribution is -2.42. The molecule has 0 fully saturated rings. The molecule has 1 N–H and O–H groups in total. The quantitative estimate of drug-likeness (QED) is 0.881. The van der Waals surface area contributed by atoms with Gasteiger partial charge >= 0.3 is 0 Å². The van der Waals surface area contributed by atoms with Crippen LogP contribution in [0.3, 0.4) is 0 Å². The topological polar surface area (TPSA) is 58.6 Å². The SMILES string of the molecule is CC(=O)NCC(=O)N(C)CC1Cc2ccccc2CO1. The van der Waals surface area contributed by atoms with Gasteiger partial charge in [0, 0.05) is 26.9 Å². The minimum absolute atomic E-state index is 0.0104. The van der Waals surface area contributed by atoms with Gasteiger partial charge in [-0.25, -0.2) is 0 Å². The number of hydrogen-bond acceptors (Lipinski definition) is 3. The Labute approximate surface area is 118 Å². The number of carbonyl (C=O) groups excluding carboxylic acids is 2. The lowest BCUT2D eigenvalue weighted by Gasteiger charge is -2.29. The second-order valence-corrected chi connectivity index (χ2v) is 5.09. The van der Waals surface area contributed by atoms with Crippen LogP contribution in [-0.4, -0.2) is 43.0 Å². The molecule has 1 unspecified atom stereocenters. The molecule has 0 radical (unpaired) electrons. The van der Waals surface area contributed by atoms with Crippen LogP contribution in [0.15, 0.2) is 24.3 Å². The first-order chi connectivity index (χ1) is 9.56. The molecule has 0 saturated carbocycles. The predicted octanol–water partition coefficient (Wildman–Crippen LogP) is 0.722. The normalized spacial score (nSPS) is 17.2. The Balaban J connectivity index is 1.85. The number of nitrogens with zero attached hydrogens (tertiary/aromatic N) is 1. The third-order valence-electron chi connectivity index (χ3n) is 3.43. The van der Waals surface area contributed by atoms with E-state index in [9.17, 15) is 9.59 Å². The van der Waals surface area contributed by atoms with Crippen LogP contribution in [-0.2, 0) is 27.4 Å². The average Bonchev–Trinajstić information content (AvgIpc) is 2.44. The summed E-state index contributed by atoms with van der Waals surface area (Å²) in [4.78, 5) is 24.2. The molecule has 1 aliphatic rings. The van der Waals surface area contributed by atoms with E-state index in [4.69, 9.17) is 4.74 Å². The summed E-state index contributed by atoms with van der Waals surface area (Å²) in [5.41, 5.74) is 2.50. The Hall–Kier alpha value is -1.88. The highest BCUT2D eigenvalue weighted by Gasteiger charge is 2.21. The summed E-state index contributed by atoms with van der Waals surface area (Å²) in [6.45, 7) is 2.56. The van der Waals surface area contributed by atoms with Crippen molar-refractivity contribution >= 4 is 11.8 Å². The van der Waals surface area contributed by atoms with Crippen LogP contribution in [0.2, 0.25) is 0 Å². The Bertz CT molecular complexity index is 502. The molecule has 0 bridgehead atoms. The van der Waals surface area contributed by atoms with Gasteiger partial charge in [0.15, 0.2) is 0 Å². The van der Waals surface area contributed by atoms with Crippen molar-refractivity contribution in [1.29, 1.82) is 0 Å². The van der Waals surface area contributed by atoms with Crippen LogP contribution >= 0.6 is 0 Å². The van der Waals surface area contributed by atoms with Crippen LogP contribution in [0.1, 0.15) is 18.1 Å². The van der Waals surface area contributed by atoms with E-state index in [-0.39, 0.29) is 24.5 Å². The maximum absolute atomic E-state index is 11.8. The Kier molecular flexibility index (Phi) is 4.74. The molecular formula is C15H20N2O3. The third kappa shape index (κ3) is 3.81. The molecule has 1 atom stereocenters. The van der Waals surface area contributed by atoms with E-state index in [0.29, 0.717) is 13.2 Å². The van der Waals surface area contributed by atoms with Gasteiger partial charge in [-0.3, -0.25) is 9.59 Å². The molecule has 108 valence electrons. The lowest BCUT2D eigenvalue weighted by atomic mass is 9.99. The van der Waals surface area contributed by atoms with Gasteiger partial charge in [-0.15, -0.1) is 0 Å². The number of ether oxygens (including phenoxy) is 1. The molecule has 0 aromatic heterocycles. The smallest absolute Gasteiger partial charge is 0.241 e. The van der Waals surface area contributed by atoms with Crippen molar-refractivity contribution in [3.8, 4) is 0 Å². The standard InChI is InChI=1S/C15H20N2O3/c1-11(18)16-8-15(19)17(2)9-14-7-12-5-3-4-6-13(12)10-20-14/h3-6,14H,7-10H2,1-2H3,(H,16,18). The first-order valence-corrected chi connectivity index (χ1v) is 6.73. The summed E-state index contributed by atoms with van der Waals surface area (Å²) < 4.78 is 5.77. The molecule has 1 aromatic carbocycles. The van der Waals surface area contributed by atoms with Crippen LogP contribution in [0.5, 0.6) is 0 Å². The second-order valence-electron chi connectivity index (χ2n) is 5.09. The summed E-state index contributed by atoms with van der Waals surface area (Å²) in [6, 6.07) is 8.19. The van der Waals surface area contributed by atoms with E-state index in [1.54, 1.807) is 11.9 Å². The predicted molar refractivity (Wildman–Crippen MR) is 75.0 cm³/mol. The molecule has 2 amide bonds. The molecule has 5 nitrogen and oxygen atoms in total. The molecule has 5 heteroatoms. The van der Waals surface area contributed by atoms with E-state index in [1.807, 2.05) is 12.1 Å². The highest BCUT2D eigenvalue weighted by molar-refractivity contribution is 5.83. The zero-order valence-corrected chi connectivity index (χ0v) is 11.9. The fourth-order valence-corrected chi connectivity index (χ4v) is 2.27. The first-order valence-electron chi connectivity index (χ1n) is 6.73. The van der Waals surface area contributed by atoms with Crippen molar-refractivity contribution in [2.45, 2.75) is 26.1 Å². The summed E-state index contributed by atoms with van der Waals surface area (Å²) in [6.07, 6.45) is 0.824. The molecule has 20 heavy (non-hydrogen) atoms. The van der Waals surface area contributed by atoms with E-state index < -0.39 is 0 Å². The molecule has 2 rings (SSSR count). The molecule has 1 heterocycles. The van der Waals surface area contributed by atoms with E-state index >= 15 is 0 Å². The van der Waals surface area contributed by atoms with Crippen molar-refractivity contribution in [3.05, 3.63) is 35.4 Å². The summed E-state index contributed by atoms with van der Waals surface area (Å²) in [7, 11) is 1.73. The monoisotopic (exact) mass is 276 g/mol. The minimum Gasteiger partial charge on any atom is -0.371 e. The summed E-state index contributed by atoms with van der Waals surface area (Å²) in [5.74, 6) is -0.308. The Morgan fingerprint density at radius 2 is 2.05 bits per heavy atom. The summed E-state index contributed by atoms with van der Waals surface area (Å²) in [5, 5.41) is 2.51. The fraction of sp³-hybridized carbons (Fsp3) is 0.467. The molecule has 0 aliphatic carbocycles. The van der Waals surface area contributed by atoms with Crippen molar-refractivity contribution in [1.82, 2.24) is 10.2 Å². The van der Waals surface area contributed by atoms with Crippen LogP contribution in [0, 0.1) is 0 Å². The number of likely N-dealkylation sites (N-methyl/N-ethyl adjacent to an activating group) is 1. The van der Waals surface area contributed by atoms with E-state index in [1.165, 1.54) is 18.1 Å². The number of carbonyl (C=O) groups is 2. The van der Waals surface area contributed by atoms with Crippen LogP contribution < -0.4 is 5.32 Å². The Morgan fingerprint density at radius 3 is 2.75 bits per heavy atom. The molecule has 0 spiro atoms. The number of amides is 2. The first kappa shape index (κ1) is 14.5. The third-order valence-corrected chi connectivity index (χ3v) is 3.43. The van der Waals surface area contributed by atoms with E-state index in [2.05, 4.69) is 17.4 Å². The van der Waals surface area contributed by atoms with Gasteiger partial charge in [0.05, 0.1) is 19.3 Å². The van der Waals surface area contributed by atoms with Gasteiger partial charge in [-0.05, 0) is 11.1 Å². The Morgan fingerprint density at radius 1 is 1.35 bits per heavy atom. The van der Waals surface area contributed by atoms with Gasteiger partial charge in [-0.1, -0.05) is 24.3 Å². The minimum atomic E-state index is -0.199. The van der Waals surface area contributed by atoms with Crippen molar-refractivity contribution in [3.63, 3.8) is 0 Å². The zero-order valence-electron chi connectivity index (χ0n) is 11.9. The zero-order chi connectivity index (χ0) is 14.5. The molecule has 1 aromatic rings. The molecule has 1 aliphatic heterocycles. The largest absolute Gasteiger partial charge is 0.371 e. The molecule has 0 saturated heterocycles. The van der Waals surface area contributed by atoms with Gasteiger partial charge in [-0.2, -0.15) is 0 Å². The number of hydrogen-bond donors (Lipinski definition) is 1. The average molecular weight is 276 g/mol. The summed E-state index contributed by atoms with van der Waals surface area (Å²) >= 11 is 0. The fourth-order valence-electron chi connectivity index (χ4n) is 2.27. The lowest BCUT2D eigenvalue weighted by molar-refractivity contribution is -0.133. The van der Waals surface area contributed by atoms with Crippen molar-refractivity contribution < 1.29 is 14.3 Å². The van der Waals surface area contributed by atoms with Gasteiger partial charge < -0.3 is 15.0 Å². The second kappa shape index (κ2) is 6.52. The number of benzene rings is 1.